The Morgan fingerprint density at radius 2 is 1.57 bits per heavy atom. The third-order valence-electron chi connectivity index (χ3n) is 8.89. The van der Waals surface area contributed by atoms with Gasteiger partial charge in [-0.15, -0.1) is 5.10 Å². The first kappa shape index (κ1) is 30.6. The molecular formula is C34H40N10O3. The van der Waals surface area contributed by atoms with Crippen LogP contribution in [-0.4, -0.2) is 88.1 Å². The third-order valence-corrected chi connectivity index (χ3v) is 8.89. The summed E-state index contributed by atoms with van der Waals surface area (Å²) in [4.78, 5) is 8.41. The molecule has 0 N–H and O–H groups in total. The third kappa shape index (κ3) is 6.49. The second-order valence-corrected chi connectivity index (χ2v) is 11.9. The zero-order chi connectivity index (χ0) is 32.2. The van der Waals surface area contributed by atoms with Crippen molar-refractivity contribution in [2.24, 2.45) is 5.10 Å². The standard InChI is InChI=1S/C34H40N10O3/c1-4-26(2)44-27(3)42(25-38-44)30-9-7-28(8-10-30)40-18-20-41(21-19-40)29-11-13-31(14-12-29)45-22-32-23-46-34(47-32,24-43-36-16-17-37-43)33-6-5-15-35-39-33/h5-17,25-26,32H,3-4,18-24H2,1-2H3. The summed E-state index contributed by atoms with van der Waals surface area (Å²) in [6.07, 6.45) is 7.42. The highest BCUT2D eigenvalue weighted by molar-refractivity contribution is 5.85. The molecule has 3 unspecified atom stereocenters. The SMILES string of the molecule is C=C1N(c2ccc(N3CCN(c4ccc(OCC5COC(Cn6nccn6)(c6cccnn6)O5)cc4)CC3)cc2)C=NN1C(C)CC. The average Bonchev–Trinajstić information content (AvgIpc) is 3.89. The molecule has 0 radical (unpaired) electrons. The van der Waals surface area contributed by atoms with Crippen molar-refractivity contribution in [1.82, 2.24) is 30.2 Å². The Bertz CT molecular complexity index is 1640. The molecule has 2 aromatic carbocycles. The molecule has 13 heteroatoms. The Labute approximate surface area is 274 Å². The van der Waals surface area contributed by atoms with Crippen LogP contribution in [0.15, 0.2) is 96.8 Å². The minimum atomic E-state index is -1.14. The monoisotopic (exact) mass is 636 g/mol. The van der Waals surface area contributed by atoms with E-state index in [2.05, 4.69) is 92.1 Å². The van der Waals surface area contributed by atoms with Gasteiger partial charge >= 0.3 is 0 Å². The van der Waals surface area contributed by atoms with Gasteiger partial charge in [-0.3, -0.25) is 4.90 Å². The first-order valence-electron chi connectivity index (χ1n) is 16.1. The van der Waals surface area contributed by atoms with Crippen LogP contribution in [0.1, 0.15) is 26.0 Å². The Balaban J connectivity index is 0.898. The first-order chi connectivity index (χ1) is 23.0. The van der Waals surface area contributed by atoms with Gasteiger partial charge in [0.2, 0.25) is 5.79 Å². The molecule has 2 saturated heterocycles. The maximum atomic E-state index is 6.37. The van der Waals surface area contributed by atoms with Gasteiger partial charge in [-0.1, -0.05) is 13.5 Å². The number of aromatic nitrogens is 5. The maximum absolute atomic E-state index is 6.37. The van der Waals surface area contributed by atoms with Crippen molar-refractivity contribution in [3.8, 4) is 5.75 Å². The van der Waals surface area contributed by atoms with E-state index in [1.54, 1.807) is 24.7 Å². The Morgan fingerprint density at radius 1 is 0.915 bits per heavy atom. The molecule has 0 bridgehead atoms. The molecule has 47 heavy (non-hydrogen) atoms. The van der Waals surface area contributed by atoms with Crippen LogP contribution in [0.2, 0.25) is 0 Å². The lowest BCUT2D eigenvalue weighted by atomic mass is 10.2. The van der Waals surface area contributed by atoms with Crippen LogP contribution < -0.4 is 19.4 Å². The number of ether oxygens (including phenoxy) is 3. The molecule has 5 heterocycles. The van der Waals surface area contributed by atoms with E-state index < -0.39 is 5.79 Å². The second kappa shape index (κ2) is 13.4. The van der Waals surface area contributed by atoms with Crippen LogP contribution in [0, 0.1) is 0 Å². The zero-order valence-corrected chi connectivity index (χ0v) is 26.8. The van der Waals surface area contributed by atoms with Crippen molar-refractivity contribution in [2.75, 3.05) is 54.1 Å². The summed E-state index contributed by atoms with van der Waals surface area (Å²) in [7, 11) is 0. The summed E-state index contributed by atoms with van der Waals surface area (Å²) in [5.74, 6) is 0.528. The van der Waals surface area contributed by atoms with Crippen LogP contribution >= 0.6 is 0 Å². The van der Waals surface area contributed by atoms with Gasteiger partial charge in [0.05, 0.1) is 25.0 Å². The zero-order valence-electron chi connectivity index (χ0n) is 26.8. The summed E-state index contributed by atoms with van der Waals surface area (Å²) in [6, 6.07) is 20.9. The maximum Gasteiger partial charge on any atom is 0.236 e. The number of rotatable bonds is 11. The summed E-state index contributed by atoms with van der Waals surface area (Å²) >= 11 is 0. The highest BCUT2D eigenvalue weighted by Crippen LogP contribution is 2.35. The Hall–Kier alpha value is -5.01. The van der Waals surface area contributed by atoms with Crippen LogP contribution in [0.5, 0.6) is 5.75 Å². The summed E-state index contributed by atoms with van der Waals surface area (Å²) in [6.45, 7) is 13.3. The molecule has 2 aromatic heterocycles. The fraction of sp³-hybridized carbons (Fsp3) is 0.382. The molecule has 0 spiro atoms. The van der Waals surface area contributed by atoms with Gasteiger partial charge in [-0.05, 0) is 74.0 Å². The number of benzene rings is 2. The first-order valence-corrected chi connectivity index (χ1v) is 16.1. The largest absolute Gasteiger partial charge is 0.491 e. The molecule has 0 amide bonds. The van der Waals surface area contributed by atoms with Gasteiger partial charge in [-0.2, -0.15) is 25.2 Å². The van der Waals surface area contributed by atoms with Crippen LogP contribution in [0.3, 0.4) is 0 Å². The topological polar surface area (TPSA) is 110 Å². The molecule has 3 aliphatic rings. The van der Waals surface area contributed by atoms with Gasteiger partial charge in [-0.25, -0.2) is 5.01 Å². The van der Waals surface area contributed by atoms with Crippen LogP contribution in [0.4, 0.5) is 17.1 Å². The van der Waals surface area contributed by atoms with Crippen molar-refractivity contribution >= 4 is 23.4 Å². The lowest BCUT2D eigenvalue weighted by molar-refractivity contribution is -0.195. The minimum absolute atomic E-state index is 0.254. The lowest BCUT2D eigenvalue weighted by Gasteiger charge is -2.37. The number of hydrogen-bond acceptors (Lipinski definition) is 12. The number of anilines is 3. The van der Waals surface area contributed by atoms with E-state index in [1.165, 1.54) is 16.2 Å². The van der Waals surface area contributed by atoms with E-state index in [0.29, 0.717) is 24.9 Å². The van der Waals surface area contributed by atoms with E-state index in [0.717, 1.165) is 49.9 Å². The normalized spacial score (nSPS) is 21.9. The summed E-state index contributed by atoms with van der Waals surface area (Å²) in [5.41, 5.74) is 4.04. The van der Waals surface area contributed by atoms with E-state index in [9.17, 15) is 0 Å². The Kier molecular flexibility index (Phi) is 8.72. The van der Waals surface area contributed by atoms with E-state index >= 15 is 0 Å². The number of piperazine rings is 1. The molecule has 2 fully saturated rings. The fourth-order valence-electron chi connectivity index (χ4n) is 6.06. The predicted octanol–water partition coefficient (Wildman–Crippen LogP) is 4.08. The molecule has 7 rings (SSSR count). The molecule has 3 aliphatic heterocycles. The van der Waals surface area contributed by atoms with Crippen molar-refractivity contribution in [3.05, 3.63) is 97.3 Å². The van der Waals surface area contributed by atoms with E-state index in [4.69, 9.17) is 14.2 Å². The van der Waals surface area contributed by atoms with Gasteiger partial charge in [0, 0.05) is 49.4 Å². The van der Waals surface area contributed by atoms with E-state index in [-0.39, 0.29) is 12.6 Å². The number of hydrazone groups is 1. The van der Waals surface area contributed by atoms with Crippen molar-refractivity contribution < 1.29 is 14.2 Å². The van der Waals surface area contributed by atoms with Gasteiger partial charge in [0.1, 0.15) is 42.9 Å². The van der Waals surface area contributed by atoms with Crippen LogP contribution in [0.25, 0.3) is 0 Å². The molecular weight excluding hydrogens is 596 g/mol. The molecule has 13 nitrogen and oxygen atoms in total. The second-order valence-electron chi connectivity index (χ2n) is 11.9. The van der Waals surface area contributed by atoms with Gasteiger partial charge in [0.15, 0.2) is 0 Å². The Morgan fingerprint density at radius 3 is 2.21 bits per heavy atom. The molecule has 4 aromatic rings. The van der Waals surface area contributed by atoms with Crippen molar-refractivity contribution in [2.45, 2.75) is 44.7 Å². The number of nitrogens with zero attached hydrogens (tertiary/aromatic N) is 10. The fourth-order valence-corrected chi connectivity index (χ4v) is 6.06. The minimum Gasteiger partial charge on any atom is -0.491 e. The molecule has 0 saturated carbocycles. The van der Waals surface area contributed by atoms with Gasteiger partial charge < -0.3 is 24.0 Å². The average molecular weight is 637 g/mol. The van der Waals surface area contributed by atoms with E-state index in [1.807, 2.05) is 34.4 Å². The quantitative estimate of drug-likeness (QED) is 0.238. The van der Waals surface area contributed by atoms with Crippen molar-refractivity contribution in [1.29, 1.82) is 0 Å². The lowest BCUT2D eigenvalue weighted by Crippen LogP contribution is -2.46. The highest BCUT2D eigenvalue weighted by atomic mass is 16.8. The predicted molar refractivity (Wildman–Crippen MR) is 179 cm³/mol. The summed E-state index contributed by atoms with van der Waals surface area (Å²) < 4.78 is 18.7. The highest BCUT2D eigenvalue weighted by Gasteiger charge is 2.46. The number of hydrogen-bond donors (Lipinski definition) is 0. The molecule has 3 atom stereocenters. The molecule has 0 aliphatic carbocycles. The van der Waals surface area contributed by atoms with Crippen molar-refractivity contribution in [3.63, 3.8) is 0 Å². The van der Waals surface area contributed by atoms with Crippen LogP contribution in [-0.2, 0) is 21.8 Å². The molecule has 244 valence electrons. The van der Waals surface area contributed by atoms with Gasteiger partial charge in [0.25, 0.3) is 0 Å². The summed E-state index contributed by atoms with van der Waals surface area (Å²) in [5, 5.41) is 23.2. The smallest absolute Gasteiger partial charge is 0.236 e.